The van der Waals surface area contributed by atoms with Gasteiger partial charge >= 0.3 is 0 Å². The first-order chi connectivity index (χ1) is 5.80. The van der Waals surface area contributed by atoms with Gasteiger partial charge in [-0.05, 0) is 32.5 Å². The van der Waals surface area contributed by atoms with Crippen molar-refractivity contribution in [3.63, 3.8) is 0 Å². The van der Waals surface area contributed by atoms with Gasteiger partial charge in [0.05, 0.1) is 8.80 Å². The summed E-state index contributed by atoms with van der Waals surface area (Å²) in [6.45, 7) is 13.8. The molecule has 13 heavy (non-hydrogen) atoms. The van der Waals surface area contributed by atoms with Crippen molar-refractivity contribution in [3.8, 4) is 0 Å². The molecule has 0 bridgehead atoms. The molecule has 0 rings (SSSR count). The maximum atomic E-state index is 2.44. The Morgan fingerprint density at radius 3 is 2.00 bits per heavy atom. The zero-order valence-corrected chi connectivity index (χ0v) is 11.5. The van der Waals surface area contributed by atoms with E-state index >= 15 is 0 Å². The fourth-order valence-electron chi connectivity index (χ4n) is 1.36. The Morgan fingerprint density at radius 2 is 1.77 bits per heavy atom. The summed E-state index contributed by atoms with van der Waals surface area (Å²) in [4.78, 5) is 2.44. The van der Waals surface area contributed by atoms with E-state index in [4.69, 9.17) is 0 Å². The van der Waals surface area contributed by atoms with E-state index in [0.717, 1.165) is 6.42 Å². The van der Waals surface area contributed by atoms with Gasteiger partial charge in [0.2, 0.25) is 0 Å². The summed E-state index contributed by atoms with van der Waals surface area (Å²) < 4.78 is 0. The number of allylic oxidation sites excluding steroid dienone is 1. The van der Waals surface area contributed by atoms with Crippen LogP contribution >= 0.6 is 0 Å². The Bertz CT molecular complexity index is 177. The van der Waals surface area contributed by atoms with E-state index in [2.05, 4.69) is 58.8 Å². The second-order valence-corrected chi connectivity index (χ2v) is 7.82. The molecule has 0 heterocycles. The van der Waals surface area contributed by atoms with Crippen LogP contribution in [0.5, 0.6) is 0 Å². The SMILES string of the molecule is CCC=C(N(C)C(C)(C)C)[SiH](C)C. The number of rotatable bonds is 3. The lowest BCUT2D eigenvalue weighted by molar-refractivity contribution is 0.239. The highest BCUT2D eigenvalue weighted by Crippen LogP contribution is 2.19. The number of hydrogen-bond donors (Lipinski definition) is 0. The van der Waals surface area contributed by atoms with Crippen LogP contribution in [0.4, 0.5) is 0 Å². The molecule has 0 aromatic carbocycles. The third kappa shape index (κ3) is 3.99. The van der Waals surface area contributed by atoms with E-state index in [-0.39, 0.29) is 5.54 Å². The molecule has 0 N–H and O–H groups in total. The molecule has 0 saturated carbocycles. The molecular formula is C11H25NSi. The monoisotopic (exact) mass is 199 g/mol. The van der Waals surface area contributed by atoms with Crippen LogP contribution in [0.2, 0.25) is 13.1 Å². The summed E-state index contributed by atoms with van der Waals surface area (Å²) in [6.07, 6.45) is 3.54. The van der Waals surface area contributed by atoms with Gasteiger partial charge in [-0.25, -0.2) is 0 Å². The molecule has 0 fully saturated rings. The van der Waals surface area contributed by atoms with Gasteiger partial charge in [0, 0.05) is 12.6 Å². The van der Waals surface area contributed by atoms with Gasteiger partial charge in [-0.15, -0.1) is 0 Å². The zero-order chi connectivity index (χ0) is 10.6. The van der Waals surface area contributed by atoms with E-state index in [9.17, 15) is 0 Å². The van der Waals surface area contributed by atoms with Crippen molar-refractivity contribution in [1.29, 1.82) is 0 Å². The normalized spacial score (nSPS) is 13.7. The lowest BCUT2D eigenvalue weighted by Gasteiger charge is -2.37. The van der Waals surface area contributed by atoms with E-state index < -0.39 is 8.80 Å². The van der Waals surface area contributed by atoms with Crippen molar-refractivity contribution < 1.29 is 0 Å². The number of nitrogens with zero attached hydrogens (tertiary/aromatic N) is 1. The van der Waals surface area contributed by atoms with E-state index in [1.807, 2.05) is 0 Å². The molecule has 78 valence electrons. The lowest BCUT2D eigenvalue weighted by atomic mass is 10.1. The molecular weight excluding hydrogens is 174 g/mol. The Morgan fingerprint density at radius 1 is 1.31 bits per heavy atom. The fraction of sp³-hybridized carbons (Fsp3) is 0.818. The maximum Gasteiger partial charge on any atom is 0.0847 e. The minimum absolute atomic E-state index is 0.262. The van der Waals surface area contributed by atoms with E-state index in [1.54, 1.807) is 5.32 Å². The molecule has 0 radical (unpaired) electrons. The van der Waals surface area contributed by atoms with Gasteiger partial charge in [0.15, 0.2) is 0 Å². The average Bonchev–Trinajstić information content (AvgIpc) is 1.96. The predicted octanol–water partition coefficient (Wildman–Crippen LogP) is 3.04. The molecule has 0 amide bonds. The highest BCUT2D eigenvalue weighted by atomic mass is 28.3. The molecule has 1 nitrogen and oxygen atoms in total. The smallest absolute Gasteiger partial charge is 0.0847 e. The third-order valence-corrected chi connectivity index (χ3v) is 4.20. The quantitative estimate of drug-likeness (QED) is 0.632. The molecule has 0 aliphatic heterocycles. The molecule has 0 spiro atoms. The van der Waals surface area contributed by atoms with Gasteiger partial charge in [-0.3, -0.25) is 0 Å². The molecule has 0 aromatic heterocycles. The summed E-state index contributed by atoms with van der Waals surface area (Å²) in [5.74, 6) is 0. The van der Waals surface area contributed by atoms with Gasteiger partial charge in [-0.2, -0.15) is 0 Å². The van der Waals surface area contributed by atoms with Crippen LogP contribution in [0.1, 0.15) is 34.1 Å². The summed E-state index contributed by atoms with van der Waals surface area (Å²) in [5.41, 5.74) is 0.262. The molecule has 2 heteroatoms. The number of hydrogen-bond acceptors (Lipinski definition) is 1. The summed E-state index contributed by atoms with van der Waals surface area (Å²) in [6, 6.07) is 0. The molecule has 0 aromatic rings. The third-order valence-electron chi connectivity index (χ3n) is 2.40. The van der Waals surface area contributed by atoms with Crippen LogP contribution in [0.15, 0.2) is 11.4 Å². The minimum atomic E-state index is -0.674. The topological polar surface area (TPSA) is 3.24 Å². The predicted molar refractivity (Wildman–Crippen MR) is 64.8 cm³/mol. The first-order valence-corrected chi connectivity index (χ1v) is 8.13. The second kappa shape index (κ2) is 4.84. The van der Waals surface area contributed by atoms with Gasteiger partial charge in [0.25, 0.3) is 0 Å². The van der Waals surface area contributed by atoms with Crippen LogP contribution in [0, 0.1) is 0 Å². The van der Waals surface area contributed by atoms with Crippen LogP contribution in [0.25, 0.3) is 0 Å². The van der Waals surface area contributed by atoms with Crippen molar-refractivity contribution in [3.05, 3.63) is 11.4 Å². The molecule has 0 saturated heterocycles. The van der Waals surface area contributed by atoms with E-state index in [0.29, 0.717) is 0 Å². The van der Waals surface area contributed by atoms with Crippen molar-refractivity contribution in [2.45, 2.75) is 52.7 Å². The summed E-state index contributed by atoms with van der Waals surface area (Å²) in [7, 11) is 1.54. The standard InChI is InChI=1S/C11H25NSi/c1-8-9-10(13(6)7)12(5)11(2,3)4/h9,13H,8H2,1-7H3. The first-order valence-electron chi connectivity index (χ1n) is 5.24. The Kier molecular flexibility index (Phi) is 4.75. The lowest BCUT2D eigenvalue weighted by Crippen LogP contribution is -2.40. The second-order valence-electron chi connectivity index (χ2n) is 4.92. The van der Waals surface area contributed by atoms with Crippen LogP contribution in [0.3, 0.4) is 0 Å². The molecule has 0 aliphatic carbocycles. The zero-order valence-electron chi connectivity index (χ0n) is 10.3. The highest BCUT2D eigenvalue weighted by Gasteiger charge is 2.20. The fourth-order valence-corrected chi connectivity index (χ4v) is 3.23. The Labute approximate surface area is 85.4 Å². The average molecular weight is 199 g/mol. The van der Waals surface area contributed by atoms with E-state index in [1.165, 1.54) is 0 Å². The van der Waals surface area contributed by atoms with Gasteiger partial charge in [0.1, 0.15) is 0 Å². The molecule has 0 atom stereocenters. The van der Waals surface area contributed by atoms with Crippen molar-refractivity contribution in [1.82, 2.24) is 4.90 Å². The minimum Gasteiger partial charge on any atom is -0.377 e. The summed E-state index contributed by atoms with van der Waals surface area (Å²) in [5, 5.41) is 1.59. The van der Waals surface area contributed by atoms with Crippen LogP contribution < -0.4 is 0 Å². The largest absolute Gasteiger partial charge is 0.377 e. The Hall–Kier alpha value is -0.243. The Balaban J connectivity index is 4.67. The van der Waals surface area contributed by atoms with Crippen molar-refractivity contribution in [2.24, 2.45) is 0 Å². The van der Waals surface area contributed by atoms with Crippen LogP contribution in [-0.4, -0.2) is 26.3 Å². The highest BCUT2D eigenvalue weighted by molar-refractivity contribution is 6.63. The van der Waals surface area contributed by atoms with Crippen molar-refractivity contribution >= 4 is 8.80 Å². The first kappa shape index (κ1) is 12.8. The molecule has 0 aliphatic rings. The van der Waals surface area contributed by atoms with Gasteiger partial charge in [-0.1, -0.05) is 26.1 Å². The summed E-state index contributed by atoms with van der Waals surface area (Å²) >= 11 is 0. The maximum absolute atomic E-state index is 2.44. The van der Waals surface area contributed by atoms with Crippen LogP contribution in [-0.2, 0) is 0 Å². The van der Waals surface area contributed by atoms with Crippen molar-refractivity contribution in [2.75, 3.05) is 7.05 Å². The van der Waals surface area contributed by atoms with Gasteiger partial charge < -0.3 is 4.90 Å². The molecule has 0 unspecified atom stereocenters.